The molecule has 1 N–H and O–H groups in total. The Kier molecular flexibility index (Phi) is 4.37. The maximum Gasteiger partial charge on any atom is 0.227 e. The molecule has 0 saturated carbocycles. The summed E-state index contributed by atoms with van der Waals surface area (Å²) >= 11 is 1.65. The van der Waals surface area contributed by atoms with Crippen LogP contribution in [0.5, 0.6) is 0 Å². The van der Waals surface area contributed by atoms with E-state index in [2.05, 4.69) is 42.2 Å². The summed E-state index contributed by atoms with van der Waals surface area (Å²) in [7, 11) is 0. The van der Waals surface area contributed by atoms with E-state index in [1.54, 1.807) is 11.3 Å². The molecule has 118 valence electrons. The second-order valence-electron chi connectivity index (χ2n) is 5.30. The molecule has 0 aromatic carbocycles. The Bertz CT molecular complexity index is 634. The Hall–Kier alpha value is -1.96. The number of hydrogen-bond donors (Lipinski definition) is 1. The van der Waals surface area contributed by atoms with Crippen LogP contribution >= 0.6 is 11.3 Å². The molecule has 1 aliphatic rings. The molecule has 0 amide bonds. The highest BCUT2D eigenvalue weighted by molar-refractivity contribution is 7.15. The molecule has 0 bridgehead atoms. The average molecular weight is 319 g/mol. The minimum atomic E-state index is 0.809. The van der Waals surface area contributed by atoms with Gasteiger partial charge in [-0.05, 0) is 20.8 Å². The van der Waals surface area contributed by atoms with E-state index in [9.17, 15) is 0 Å². The lowest BCUT2D eigenvalue weighted by atomic mass is 10.3. The molecule has 3 rings (SSSR count). The van der Waals surface area contributed by atoms with Crippen molar-refractivity contribution >= 4 is 28.2 Å². The summed E-state index contributed by atoms with van der Waals surface area (Å²) in [5.74, 6) is 1.70. The van der Waals surface area contributed by atoms with Crippen molar-refractivity contribution in [1.82, 2.24) is 20.2 Å². The van der Waals surface area contributed by atoms with Crippen LogP contribution in [0.15, 0.2) is 6.07 Å². The zero-order chi connectivity index (χ0) is 15.5. The van der Waals surface area contributed by atoms with Crippen LogP contribution in [-0.4, -0.2) is 52.9 Å². The molecule has 1 aliphatic heterocycles. The molecular weight excluding hydrogens is 298 g/mol. The lowest BCUT2D eigenvalue weighted by molar-refractivity contribution is 0.636. The molecule has 22 heavy (non-hydrogen) atoms. The first-order valence-electron chi connectivity index (χ1n) is 7.55. The van der Waals surface area contributed by atoms with E-state index in [0.29, 0.717) is 0 Å². The van der Waals surface area contributed by atoms with Crippen LogP contribution in [-0.2, 0) is 0 Å². The van der Waals surface area contributed by atoms with E-state index in [0.717, 1.165) is 60.3 Å². The lowest BCUT2D eigenvalue weighted by Crippen LogP contribution is -2.47. The van der Waals surface area contributed by atoms with Crippen molar-refractivity contribution in [2.24, 2.45) is 0 Å². The fourth-order valence-electron chi connectivity index (χ4n) is 2.48. The predicted molar refractivity (Wildman–Crippen MR) is 90.0 cm³/mol. The van der Waals surface area contributed by atoms with E-state index in [4.69, 9.17) is 0 Å². The third-order valence-corrected chi connectivity index (χ3v) is 4.45. The van der Waals surface area contributed by atoms with Crippen LogP contribution in [0.4, 0.5) is 16.9 Å². The third kappa shape index (κ3) is 3.27. The Morgan fingerprint density at radius 2 is 1.82 bits per heavy atom. The SMILES string of the molecule is CCNc1cc(C)nc(N2CCN(c3nnc(C)s3)CC2)n1. The smallest absolute Gasteiger partial charge is 0.227 e. The third-order valence-electron chi connectivity index (χ3n) is 3.55. The minimum Gasteiger partial charge on any atom is -0.370 e. The summed E-state index contributed by atoms with van der Waals surface area (Å²) in [6.45, 7) is 10.6. The first kappa shape index (κ1) is 15.0. The summed E-state index contributed by atoms with van der Waals surface area (Å²) in [4.78, 5) is 13.7. The summed E-state index contributed by atoms with van der Waals surface area (Å²) in [5, 5.41) is 13.6. The van der Waals surface area contributed by atoms with Gasteiger partial charge in [0.05, 0.1) is 0 Å². The van der Waals surface area contributed by atoms with Gasteiger partial charge in [-0.2, -0.15) is 4.98 Å². The monoisotopic (exact) mass is 319 g/mol. The number of anilines is 3. The van der Waals surface area contributed by atoms with Gasteiger partial charge in [0.2, 0.25) is 11.1 Å². The van der Waals surface area contributed by atoms with E-state index in [1.165, 1.54) is 0 Å². The molecule has 0 atom stereocenters. The van der Waals surface area contributed by atoms with Crippen LogP contribution in [0.3, 0.4) is 0 Å². The number of aryl methyl sites for hydroxylation is 2. The largest absolute Gasteiger partial charge is 0.370 e. The highest BCUT2D eigenvalue weighted by atomic mass is 32.1. The number of piperazine rings is 1. The van der Waals surface area contributed by atoms with Crippen molar-refractivity contribution < 1.29 is 0 Å². The minimum absolute atomic E-state index is 0.809. The summed E-state index contributed by atoms with van der Waals surface area (Å²) in [6, 6.07) is 1.98. The second kappa shape index (κ2) is 6.43. The van der Waals surface area contributed by atoms with E-state index in [-0.39, 0.29) is 0 Å². The molecule has 8 heteroatoms. The van der Waals surface area contributed by atoms with Crippen molar-refractivity contribution in [2.45, 2.75) is 20.8 Å². The second-order valence-corrected chi connectivity index (χ2v) is 6.46. The molecule has 0 radical (unpaired) electrons. The van der Waals surface area contributed by atoms with Gasteiger partial charge in [0.25, 0.3) is 0 Å². The van der Waals surface area contributed by atoms with E-state index < -0.39 is 0 Å². The van der Waals surface area contributed by atoms with Gasteiger partial charge in [-0.3, -0.25) is 0 Å². The van der Waals surface area contributed by atoms with E-state index in [1.807, 2.05) is 19.9 Å². The van der Waals surface area contributed by atoms with Gasteiger partial charge in [0.15, 0.2) is 0 Å². The van der Waals surface area contributed by atoms with Crippen LogP contribution in [0.25, 0.3) is 0 Å². The summed E-state index contributed by atoms with van der Waals surface area (Å²) in [6.07, 6.45) is 0. The Labute approximate surface area is 134 Å². The van der Waals surface area contributed by atoms with E-state index >= 15 is 0 Å². The van der Waals surface area contributed by atoms with Crippen molar-refractivity contribution in [1.29, 1.82) is 0 Å². The fraction of sp³-hybridized carbons (Fsp3) is 0.571. The van der Waals surface area contributed by atoms with Crippen molar-refractivity contribution in [3.63, 3.8) is 0 Å². The van der Waals surface area contributed by atoms with Crippen LogP contribution in [0.2, 0.25) is 0 Å². The fourth-order valence-corrected chi connectivity index (χ4v) is 3.22. The Balaban J connectivity index is 1.68. The Morgan fingerprint density at radius 1 is 1.09 bits per heavy atom. The quantitative estimate of drug-likeness (QED) is 0.919. The normalized spacial score (nSPS) is 15.2. The van der Waals surface area contributed by atoms with Gasteiger partial charge in [-0.15, -0.1) is 10.2 Å². The molecule has 1 fully saturated rings. The van der Waals surface area contributed by atoms with Gasteiger partial charge in [-0.1, -0.05) is 11.3 Å². The van der Waals surface area contributed by atoms with Gasteiger partial charge in [0.1, 0.15) is 10.8 Å². The maximum absolute atomic E-state index is 4.61. The summed E-state index contributed by atoms with van der Waals surface area (Å²) in [5.41, 5.74) is 0.989. The molecule has 0 unspecified atom stereocenters. The lowest BCUT2D eigenvalue weighted by Gasteiger charge is -2.34. The molecule has 0 aliphatic carbocycles. The molecule has 7 nitrogen and oxygen atoms in total. The van der Waals surface area contributed by atoms with Crippen LogP contribution < -0.4 is 15.1 Å². The predicted octanol–water partition coefficient (Wildman–Crippen LogP) is 1.70. The number of nitrogens with zero attached hydrogens (tertiary/aromatic N) is 6. The highest BCUT2D eigenvalue weighted by Gasteiger charge is 2.21. The molecule has 1 saturated heterocycles. The first-order valence-corrected chi connectivity index (χ1v) is 8.37. The molecule has 3 heterocycles. The van der Waals surface area contributed by atoms with Crippen molar-refractivity contribution in [2.75, 3.05) is 47.8 Å². The van der Waals surface area contributed by atoms with Gasteiger partial charge < -0.3 is 15.1 Å². The van der Waals surface area contributed by atoms with Gasteiger partial charge in [0, 0.05) is 44.5 Å². The number of aromatic nitrogens is 4. The topological polar surface area (TPSA) is 70.1 Å². The van der Waals surface area contributed by atoms with Crippen molar-refractivity contribution in [3.05, 3.63) is 16.8 Å². The van der Waals surface area contributed by atoms with Crippen molar-refractivity contribution in [3.8, 4) is 0 Å². The Morgan fingerprint density at radius 3 is 2.45 bits per heavy atom. The first-order chi connectivity index (χ1) is 10.7. The summed E-state index contributed by atoms with van der Waals surface area (Å²) < 4.78 is 0. The van der Waals surface area contributed by atoms with Gasteiger partial charge in [-0.25, -0.2) is 4.98 Å². The molecular formula is C14H21N7S. The number of nitrogens with one attached hydrogen (secondary N) is 1. The number of hydrogen-bond acceptors (Lipinski definition) is 8. The molecule has 2 aromatic rings. The zero-order valence-corrected chi connectivity index (χ0v) is 14.0. The average Bonchev–Trinajstić information content (AvgIpc) is 2.94. The maximum atomic E-state index is 4.61. The van der Waals surface area contributed by atoms with Crippen LogP contribution in [0.1, 0.15) is 17.6 Å². The molecule has 0 spiro atoms. The zero-order valence-electron chi connectivity index (χ0n) is 13.2. The highest BCUT2D eigenvalue weighted by Crippen LogP contribution is 2.22. The number of rotatable bonds is 4. The van der Waals surface area contributed by atoms with Gasteiger partial charge >= 0.3 is 0 Å². The van der Waals surface area contributed by atoms with Crippen LogP contribution in [0, 0.1) is 13.8 Å². The standard InChI is InChI=1S/C14H21N7S/c1-4-15-12-9-10(2)16-13(17-12)20-5-7-21(8-6-20)14-19-18-11(3)22-14/h9H,4-8H2,1-3H3,(H,15,16,17). The molecule has 2 aromatic heterocycles.